The van der Waals surface area contributed by atoms with E-state index in [4.69, 9.17) is 4.74 Å². The molecule has 0 atom stereocenters. The molecule has 172 valence electrons. The summed E-state index contributed by atoms with van der Waals surface area (Å²) in [5.74, 6) is -1.04. The Bertz CT molecular complexity index is 1210. The van der Waals surface area contributed by atoms with E-state index in [0.29, 0.717) is 23.4 Å². The molecule has 4 rings (SSSR count). The Morgan fingerprint density at radius 2 is 1.85 bits per heavy atom. The number of ether oxygens (including phenoxy) is 1. The van der Waals surface area contributed by atoms with E-state index in [9.17, 15) is 22.4 Å². The van der Waals surface area contributed by atoms with Crippen LogP contribution in [0.4, 0.5) is 17.6 Å². The van der Waals surface area contributed by atoms with Gasteiger partial charge in [0.05, 0.1) is 24.6 Å². The van der Waals surface area contributed by atoms with E-state index in [2.05, 4.69) is 5.10 Å². The van der Waals surface area contributed by atoms with Crippen LogP contribution < -0.4 is 0 Å². The van der Waals surface area contributed by atoms with Crippen molar-refractivity contribution in [2.24, 2.45) is 0 Å². The first-order valence-corrected chi connectivity index (χ1v) is 10.4. The molecular weight excluding hydrogens is 436 g/mol. The SMILES string of the molecule is COC(=O)c1cccc(Cn2nc(/C(F)=C/c3ccc(C4(C(F)(F)F)CC4)cc3)cc2C)c1. The third-order valence-corrected chi connectivity index (χ3v) is 5.96. The topological polar surface area (TPSA) is 44.1 Å². The molecule has 1 fully saturated rings. The van der Waals surface area contributed by atoms with Gasteiger partial charge in [0, 0.05) is 5.69 Å². The fourth-order valence-electron chi connectivity index (χ4n) is 3.85. The van der Waals surface area contributed by atoms with E-state index < -0.39 is 23.4 Å². The molecule has 0 spiro atoms. The summed E-state index contributed by atoms with van der Waals surface area (Å²) in [6.07, 6.45) is -2.87. The van der Waals surface area contributed by atoms with E-state index in [0.717, 1.165) is 5.56 Å². The molecule has 0 bridgehead atoms. The third-order valence-electron chi connectivity index (χ3n) is 5.96. The van der Waals surface area contributed by atoms with Crippen LogP contribution in [0, 0.1) is 6.92 Å². The van der Waals surface area contributed by atoms with Gasteiger partial charge < -0.3 is 4.74 Å². The van der Waals surface area contributed by atoms with Crippen molar-refractivity contribution in [3.8, 4) is 0 Å². The minimum absolute atomic E-state index is 0.0826. The number of benzene rings is 2. The minimum Gasteiger partial charge on any atom is -0.465 e. The highest BCUT2D eigenvalue weighted by molar-refractivity contribution is 5.89. The number of carbonyl (C=O) groups is 1. The summed E-state index contributed by atoms with van der Waals surface area (Å²) < 4.78 is 61.0. The van der Waals surface area contributed by atoms with Crippen LogP contribution in [0.5, 0.6) is 0 Å². The van der Waals surface area contributed by atoms with Gasteiger partial charge in [-0.1, -0.05) is 36.4 Å². The summed E-state index contributed by atoms with van der Waals surface area (Å²) in [5.41, 5.74) is 0.953. The average Bonchev–Trinajstić information content (AvgIpc) is 3.53. The molecule has 1 aromatic heterocycles. The lowest BCUT2D eigenvalue weighted by Crippen LogP contribution is -2.28. The molecule has 0 aliphatic heterocycles. The van der Waals surface area contributed by atoms with Gasteiger partial charge in [-0.2, -0.15) is 18.3 Å². The number of hydrogen-bond donors (Lipinski definition) is 0. The number of alkyl halides is 3. The smallest absolute Gasteiger partial charge is 0.398 e. The second-order valence-electron chi connectivity index (χ2n) is 8.21. The lowest BCUT2D eigenvalue weighted by molar-refractivity contribution is -0.160. The van der Waals surface area contributed by atoms with Gasteiger partial charge in [0.15, 0.2) is 5.83 Å². The molecular formula is C25H22F4N2O2. The van der Waals surface area contributed by atoms with E-state index in [1.165, 1.54) is 37.5 Å². The minimum atomic E-state index is -4.28. The molecule has 33 heavy (non-hydrogen) atoms. The Morgan fingerprint density at radius 1 is 1.15 bits per heavy atom. The van der Waals surface area contributed by atoms with Crippen LogP contribution in [0.2, 0.25) is 0 Å². The molecule has 8 heteroatoms. The maximum absolute atomic E-state index is 14.8. The number of aryl methyl sites for hydroxylation is 1. The van der Waals surface area contributed by atoms with Gasteiger partial charge >= 0.3 is 12.1 Å². The van der Waals surface area contributed by atoms with Crippen LogP contribution in [0.25, 0.3) is 11.9 Å². The van der Waals surface area contributed by atoms with Gasteiger partial charge in [-0.25, -0.2) is 9.18 Å². The Morgan fingerprint density at radius 3 is 2.45 bits per heavy atom. The first kappa shape index (κ1) is 22.8. The number of methoxy groups -OCH3 is 1. The lowest BCUT2D eigenvalue weighted by Gasteiger charge is -2.19. The Hall–Kier alpha value is -3.42. The van der Waals surface area contributed by atoms with Gasteiger partial charge in [-0.05, 0) is 60.7 Å². The second kappa shape index (κ2) is 8.50. The normalized spacial score (nSPS) is 15.4. The highest BCUT2D eigenvalue weighted by Crippen LogP contribution is 2.58. The van der Waals surface area contributed by atoms with E-state index in [1.54, 1.807) is 35.9 Å². The highest BCUT2D eigenvalue weighted by Gasteiger charge is 2.64. The van der Waals surface area contributed by atoms with Crippen molar-refractivity contribution in [2.75, 3.05) is 7.11 Å². The zero-order valence-corrected chi connectivity index (χ0v) is 18.1. The quantitative estimate of drug-likeness (QED) is 0.332. The first-order chi connectivity index (χ1) is 15.6. The Labute approximate surface area is 188 Å². The largest absolute Gasteiger partial charge is 0.465 e. The molecule has 0 N–H and O–H groups in total. The summed E-state index contributed by atoms with van der Waals surface area (Å²) in [6, 6.07) is 14.3. The monoisotopic (exact) mass is 458 g/mol. The number of aromatic nitrogens is 2. The van der Waals surface area contributed by atoms with Crippen LogP contribution in [0.3, 0.4) is 0 Å². The molecule has 0 amide bonds. The zero-order valence-electron chi connectivity index (χ0n) is 18.1. The fraction of sp³-hybridized carbons (Fsp3) is 0.280. The number of rotatable bonds is 6. The zero-order chi connectivity index (χ0) is 23.8. The molecule has 4 nitrogen and oxygen atoms in total. The summed E-state index contributed by atoms with van der Waals surface area (Å²) in [5, 5.41) is 4.30. The van der Waals surface area contributed by atoms with Crippen LogP contribution in [0.1, 0.15) is 51.3 Å². The third kappa shape index (κ3) is 4.55. The van der Waals surface area contributed by atoms with E-state index >= 15 is 0 Å². The van der Waals surface area contributed by atoms with Gasteiger partial charge in [-0.3, -0.25) is 4.68 Å². The van der Waals surface area contributed by atoms with Crippen molar-refractivity contribution >= 4 is 17.9 Å². The number of hydrogen-bond acceptors (Lipinski definition) is 3. The fourth-order valence-corrected chi connectivity index (χ4v) is 3.85. The Balaban J connectivity index is 1.51. The van der Waals surface area contributed by atoms with Gasteiger partial charge in [0.1, 0.15) is 5.69 Å². The average molecular weight is 458 g/mol. The predicted octanol–water partition coefficient (Wildman–Crippen LogP) is 6.09. The molecule has 2 aromatic carbocycles. The maximum atomic E-state index is 14.8. The van der Waals surface area contributed by atoms with Crippen molar-refractivity contribution in [2.45, 2.75) is 37.9 Å². The van der Waals surface area contributed by atoms with Crippen LogP contribution in [-0.2, 0) is 16.7 Å². The second-order valence-corrected chi connectivity index (χ2v) is 8.21. The number of halogens is 4. The maximum Gasteiger partial charge on any atom is 0.398 e. The molecule has 3 aromatic rings. The molecule has 0 unspecified atom stereocenters. The molecule has 0 saturated heterocycles. The van der Waals surface area contributed by atoms with Crippen molar-refractivity contribution in [1.29, 1.82) is 0 Å². The number of nitrogens with zero attached hydrogens (tertiary/aromatic N) is 2. The molecule has 1 heterocycles. The van der Waals surface area contributed by atoms with Crippen LogP contribution >= 0.6 is 0 Å². The lowest BCUT2D eigenvalue weighted by atomic mass is 9.94. The Kier molecular flexibility index (Phi) is 5.86. The molecule has 0 radical (unpaired) electrons. The van der Waals surface area contributed by atoms with Gasteiger partial charge in [0.25, 0.3) is 0 Å². The molecule has 1 aliphatic carbocycles. The van der Waals surface area contributed by atoms with E-state index in [1.807, 2.05) is 6.07 Å². The van der Waals surface area contributed by atoms with E-state index in [-0.39, 0.29) is 24.1 Å². The predicted molar refractivity (Wildman–Crippen MR) is 116 cm³/mol. The summed E-state index contributed by atoms with van der Waals surface area (Å²) >= 11 is 0. The van der Waals surface area contributed by atoms with Gasteiger partial charge in [0.2, 0.25) is 0 Å². The van der Waals surface area contributed by atoms with Crippen molar-refractivity contribution < 1.29 is 27.1 Å². The number of carbonyl (C=O) groups excluding carboxylic acids is 1. The summed E-state index contributed by atoms with van der Waals surface area (Å²) in [6.45, 7) is 2.12. The number of esters is 1. The van der Waals surface area contributed by atoms with Crippen molar-refractivity contribution in [3.05, 3.63) is 88.2 Å². The standard InChI is InChI=1S/C25H22F4N2O2/c1-16-12-22(30-31(16)15-18-4-3-5-19(13-18)23(32)33-2)21(26)14-17-6-8-20(9-7-17)24(10-11-24)25(27,28)29/h3-9,12-14H,10-11,15H2,1-2H3/b21-14-. The van der Waals surface area contributed by atoms with Crippen LogP contribution in [0.15, 0.2) is 54.6 Å². The van der Waals surface area contributed by atoms with Crippen molar-refractivity contribution in [3.63, 3.8) is 0 Å². The van der Waals surface area contributed by atoms with Crippen LogP contribution in [-0.4, -0.2) is 29.0 Å². The van der Waals surface area contributed by atoms with Gasteiger partial charge in [-0.15, -0.1) is 0 Å². The summed E-state index contributed by atoms with van der Waals surface area (Å²) in [7, 11) is 1.31. The molecule has 1 aliphatic rings. The first-order valence-electron chi connectivity index (χ1n) is 10.4. The molecule has 1 saturated carbocycles. The summed E-state index contributed by atoms with van der Waals surface area (Å²) in [4.78, 5) is 11.7. The van der Waals surface area contributed by atoms with Crippen molar-refractivity contribution in [1.82, 2.24) is 9.78 Å². The highest BCUT2D eigenvalue weighted by atomic mass is 19.4.